The molecule has 25 heavy (non-hydrogen) atoms. The van der Waals surface area contributed by atoms with Crippen LogP contribution in [0.4, 0.5) is 0 Å². The zero-order valence-corrected chi connectivity index (χ0v) is 16.3. The Bertz CT molecular complexity index is 865. The molecule has 134 valence electrons. The molecule has 0 unspecified atom stereocenters. The van der Waals surface area contributed by atoms with Crippen LogP contribution in [-0.4, -0.2) is 54.9 Å². The van der Waals surface area contributed by atoms with Crippen molar-refractivity contribution < 1.29 is 17.7 Å². The van der Waals surface area contributed by atoms with Crippen molar-refractivity contribution in [2.75, 3.05) is 26.2 Å². The number of piperazine rings is 1. The molecule has 1 aromatic carbocycles. The normalized spacial score (nSPS) is 16.2. The maximum atomic E-state index is 12.8. The molecule has 2 aromatic rings. The van der Waals surface area contributed by atoms with Crippen LogP contribution in [0.1, 0.15) is 21.8 Å². The van der Waals surface area contributed by atoms with Crippen LogP contribution < -0.4 is 0 Å². The second-order valence-corrected chi connectivity index (χ2v) is 8.65. The third kappa shape index (κ3) is 3.49. The van der Waals surface area contributed by atoms with Gasteiger partial charge >= 0.3 is 0 Å². The molecular weight excluding hydrogens is 410 g/mol. The Labute approximate surface area is 154 Å². The summed E-state index contributed by atoms with van der Waals surface area (Å²) in [6, 6.07) is 7.12. The van der Waals surface area contributed by atoms with Crippen LogP contribution in [0.15, 0.2) is 38.2 Å². The highest BCUT2D eigenvalue weighted by atomic mass is 79.9. The minimum atomic E-state index is -3.67. The number of halogens is 1. The van der Waals surface area contributed by atoms with Gasteiger partial charge in [0.2, 0.25) is 10.0 Å². The second kappa shape index (κ2) is 6.89. The summed E-state index contributed by atoms with van der Waals surface area (Å²) >= 11 is 3.34. The summed E-state index contributed by atoms with van der Waals surface area (Å²) in [5.74, 6) is 0.188. The van der Waals surface area contributed by atoms with E-state index in [1.54, 1.807) is 30.9 Å². The first-order valence-electron chi connectivity index (χ1n) is 7.78. The van der Waals surface area contributed by atoms with Crippen molar-refractivity contribution in [1.29, 1.82) is 0 Å². The Hall–Kier alpha value is -1.71. The Morgan fingerprint density at radius 3 is 2.24 bits per heavy atom. The van der Waals surface area contributed by atoms with Gasteiger partial charge in [0.05, 0.1) is 0 Å². The maximum absolute atomic E-state index is 12.8. The monoisotopic (exact) mass is 427 g/mol. The quantitative estimate of drug-likeness (QED) is 0.749. The van der Waals surface area contributed by atoms with Crippen LogP contribution >= 0.6 is 15.9 Å². The third-order valence-corrected chi connectivity index (χ3v) is 6.86. The van der Waals surface area contributed by atoms with Gasteiger partial charge < -0.3 is 9.42 Å². The van der Waals surface area contributed by atoms with Gasteiger partial charge in [-0.15, -0.1) is 0 Å². The van der Waals surface area contributed by atoms with Crippen molar-refractivity contribution in [3.63, 3.8) is 0 Å². The summed E-state index contributed by atoms with van der Waals surface area (Å²) < 4.78 is 32.8. The largest absolute Gasteiger partial charge is 0.360 e. The van der Waals surface area contributed by atoms with E-state index in [4.69, 9.17) is 4.52 Å². The minimum absolute atomic E-state index is 0.0955. The summed E-state index contributed by atoms with van der Waals surface area (Å²) in [5, 5.41) is 3.72. The predicted octanol–water partition coefficient (Wildman–Crippen LogP) is 2.20. The number of hydrogen-bond acceptors (Lipinski definition) is 5. The van der Waals surface area contributed by atoms with E-state index in [2.05, 4.69) is 21.1 Å². The highest BCUT2D eigenvalue weighted by Gasteiger charge is 2.34. The molecule has 1 fully saturated rings. The van der Waals surface area contributed by atoms with Gasteiger partial charge in [0.15, 0.2) is 5.76 Å². The number of nitrogens with zero attached hydrogens (tertiary/aromatic N) is 3. The summed E-state index contributed by atoms with van der Waals surface area (Å²) in [5.41, 5.74) is 0.941. The van der Waals surface area contributed by atoms with E-state index in [1.165, 1.54) is 4.31 Å². The number of aryl methyl sites for hydroxylation is 2. The van der Waals surface area contributed by atoms with E-state index in [1.807, 2.05) is 12.1 Å². The smallest absolute Gasteiger partial charge is 0.253 e. The molecule has 0 atom stereocenters. The van der Waals surface area contributed by atoms with Crippen LogP contribution in [0.3, 0.4) is 0 Å². The molecule has 0 saturated carbocycles. The van der Waals surface area contributed by atoms with Crippen molar-refractivity contribution in [1.82, 2.24) is 14.4 Å². The summed E-state index contributed by atoms with van der Waals surface area (Å²) in [6.07, 6.45) is 0. The van der Waals surface area contributed by atoms with Gasteiger partial charge in [-0.1, -0.05) is 21.1 Å². The number of hydrogen-bond donors (Lipinski definition) is 0. The first-order valence-corrected chi connectivity index (χ1v) is 10.0. The van der Waals surface area contributed by atoms with Gasteiger partial charge in [-0.05, 0) is 38.1 Å². The molecule has 0 aliphatic carbocycles. The molecule has 3 rings (SSSR count). The van der Waals surface area contributed by atoms with E-state index in [0.717, 1.165) is 4.47 Å². The fraction of sp³-hybridized carbons (Fsp3) is 0.375. The lowest BCUT2D eigenvalue weighted by Gasteiger charge is -2.34. The predicted molar refractivity (Wildman–Crippen MR) is 94.8 cm³/mol. The Morgan fingerprint density at radius 2 is 1.72 bits per heavy atom. The average molecular weight is 428 g/mol. The Kier molecular flexibility index (Phi) is 4.99. The summed E-state index contributed by atoms with van der Waals surface area (Å²) in [7, 11) is -3.67. The molecule has 0 N–H and O–H groups in total. The third-order valence-electron chi connectivity index (χ3n) is 4.18. The van der Waals surface area contributed by atoms with Crippen molar-refractivity contribution in [3.05, 3.63) is 45.8 Å². The number of aromatic nitrogens is 1. The first kappa shape index (κ1) is 18.1. The highest BCUT2D eigenvalue weighted by Crippen LogP contribution is 2.24. The molecule has 1 amide bonds. The SMILES string of the molecule is Cc1noc(C)c1S(=O)(=O)N1CCN(C(=O)c2ccc(Br)cc2)CC1. The van der Waals surface area contributed by atoms with E-state index in [-0.39, 0.29) is 29.7 Å². The van der Waals surface area contributed by atoms with Gasteiger partial charge in [0.1, 0.15) is 10.6 Å². The number of sulfonamides is 1. The van der Waals surface area contributed by atoms with E-state index in [9.17, 15) is 13.2 Å². The highest BCUT2D eigenvalue weighted by molar-refractivity contribution is 9.10. The summed E-state index contributed by atoms with van der Waals surface area (Å²) in [4.78, 5) is 14.3. The summed E-state index contributed by atoms with van der Waals surface area (Å²) in [6.45, 7) is 4.37. The fourth-order valence-electron chi connectivity index (χ4n) is 2.88. The van der Waals surface area contributed by atoms with Crippen LogP contribution in [0.25, 0.3) is 0 Å². The molecule has 7 nitrogen and oxygen atoms in total. The van der Waals surface area contributed by atoms with E-state index < -0.39 is 10.0 Å². The minimum Gasteiger partial charge on any atom is -0.360 e. The van der Waals surface area contributed by atoms with Gasteiger partial charge in [0.25, 0.3) is 5.91 Å². The number of carbonyl (C=O) groups is 1. The molecular formula is C16H18BrN3O4S. The Balaban J connectivity index is 1.71. The van der Waals surface area contributed by atoms with E-state index >= 15 is 0 Å². The second-order valence-electron chi connectivity index (χ2n) is 5.86. The van der Waals surface area contributed by atoms with Crippen molar-refractivity contribution in [2.24, 2.45) is 0 Å². The number of amides is 1. The molecule has 9 heteroatoms. The number of rotatable bonds is 3. The zero-order chi connectivity index (χ0) is 18.2. The zero-order valence-electron chi connectivity index (χ0n) is 13.9. The molecule has 1 saturated heterocycles. The molecule has 0 spiro atoms. The lowest BCUT2D eigenvalue weighted by molar-refractivity contribution is 0.0698. The fourth-order valence-corrected chi connectivity index (χ4v) is 4.86. The number of benzene rings is 1. The molecule has 1 aliphatic rings. The average Bonchev–Trinajstić information content (AvgIpc) is 2.94. The van der Waals surface area contributed by atoms with Crippen LogP contribution in [-0.2, 0) is 10.0 Å². The van der Waals surface area contributed by atoms with Crippen LogP contribution in [0.5, 0.6) is 0 Å². The van der Waals surface area contributed by atoms with E-state index in [0.29, 0.717) is 24.3 Å². The molecule has 0 radical (unpaired) electrons. The lowest BCUT2D eigenvalue weighted by atomic mass is 10.2. The van der Waals surface area contributed by atoms with Gasteiger partial charge in [-0.25, -0.2) is 8.42 Å². The number of carbonyl (C=O) groups excluding carboxylic acids is 1. The maximum Gasteiger partial charge on any atom is 0.253 e. The lowest BCUT2D eigenvalue weighted by Crippen LogP contribution is -2.50. The van der Waals surface area contributed by atoms with Gasteiger partial charge in [-0.2, -0.15) is 4.31 Å². The standard InChI is InChI=1S/C16H18BrN3O4S/c1-11-15(12(2)24-18-11)25(22,23)20-9-7-19(8-10-20)16(21)13-3-5-14(17)6-4-13/h3-6H,7-10H2,1-2H3. The molecule has 2 heterocycles. The molecule has 1 aliphatic heterocycles. The molecule has 1 aromatic heterocycles. The van der Waals surface area contributed by atoms with Crippen molar-refractivity contribution >= 4 is 31.9 Å². The van der Waals surface area contributed by atoms with Gasteiger partial charge in [0, 0.05) is 36.2 Å². The first-order chi connectivity index (χ1) is 11.8. The Morgan fingerprint density at radius 1 is 1.12 bits per heavy atom. The van der Waals surface area contributed by atoms with Crippen molar-refractivity contribution in [2.45, 2.75) is 18.7 Å². The molecule has 0 bridgehead atoms. The van der Waals surface area contributed by atoms with Crippen molar-refractivity contribution in [3.8, 4) is 0 Å². The topological polar surface area (TPSA) is 83.7 Å². The van der Waals surface area contributed by atoms with Crippen LogP contribution in [0.2, 0.25) is 0 Å². The van der Waals surface area contributed by atoms with Gasteiger partial charge in [-0.3, -0.25) is 4.79 Å². The van der Waals surface area contributed by atoms with Crippen LogP contribution in [0, 0.1) is 13.8 Å².